The molecular formula is CH3BO2S. The molecule has 2 radical (unpaired) electrons. The van der Waals surface area contributed by atoms with Crippen molar-refractivity contribution in [2.75, 3.05) is 6.26 Å². The number of hydrogen-bond donors (Lipinski definition) is 0. The van der Waals surface area contributed by atoms with E-state index in [1.807, 2.05) is 0 Å². The maximum absolute atomic E-state index is 9.41. The molecule has 0 spiro atoms. The Morgan fingerprint density at radius 1 is 1.60 bits per heavy atom. The first-order chi connectivity index (χ1) is 2.00. The lowest BCUT2D eigenvalue weighted by molar-refractivity contribution is 0.614. The van der Waals surface area contributed by atoms with Gasteiger partial charge in [-0.2, -0.15) is 0 Å². The van der Waals surface area contributed by atoms with Crippen molar-refractivity contribution in [2.24, 2.45) is 0 Å². The molecule has 0 rings (SSSR count). The van der Waals surface area contributed by atoms with E-state index < -0.39 is 9.69 Å². The summed E-state index contributed by atoms with van der Waals surface area (Å²) in [5, 5.41) is 0. The van der Waals surface area contributed by atoms with Gasteiger partial charge in [0.25, 0.3) is 7.12 Å². The Bertz CT molecular complexity index is 92.8. The Kier molecular flexibility index (Phi) is 1.01. The summed E-state index contributed by atoms with van der Waals surface area (Å²) in [6, 6.07) is 0. The molecule has 0 heterocycles. The van der Waals surface area contributed by atoms with Crippen LogP contribution in [0, 0.1) is 0 Å². The molecule has 0 atom stereocenters. The van der Waals surface area contributed by atoms with Crippen LogP contribution >= 0.6 is 0 Å². The zero-order valence-corrected chi connectivity index (χ0v) is 3.62. The molecule has 0 aliphatic carbocycles. The molecule has 4 heteroatoms. The maximum Gasteiger partial charge on any atom is 0.254 e. The first-order valence-corrected chi connectivity index (χ1v) is 2.93. The van der Waals surface area contributed by atoms with Crippen LogP contribution in [0.15, 0.2) is 0 Å². The fourth-order valence-corrected chi connectivity index (χ4v) is 0. The third-order valence-electron chi connectivity index (χ3n) is 0. The van der Waals surface area contributed by atoms with E-state index in [9.17, 15) is 8.42 Å². The Morgan fingerprint density at radius 2 is 1.60 bits per heavy atom. The van der Waals surface area contributed by atoms with Crippen molar-refractivity contribution >= 4 is 16.8 Å². The van der Waals surface area contributed by atoms with Gasteiger partial charge in [-0.3, -0.25) is 0 Å². The van der Waals surface area contributed by atoms with E-state index in [1.54, 1.807) is 0 Å². The van der Waals surface area contributed by atoms with Crippen LogP contribution in [0.25, 0.3) is 0 Å². The highest BCUT2D eigenvalue weighted by atomic mass is 32.2. The summed E-state index contributed by atoms with van der Waals surface area (Å²) in [5.74, 6) is 0. The van der Waals surface area contributed by atoms with Gasteiger partial charge in [-0.1, -0.05) is 0 Å². The minimum Gasteiger partial charge on any atom is -0.243 e. The van der Waals surface area contributed by atoms with Crippen molar-refractivity contribution in [2.45, 2.75) is 0 Å². The molecule has 0 amide bonds. The van der Waals surface area contributed by atoms with Crippen LogP contribution in [-0.4, -0.2) is 21.8 Å². The van der Waals surface area contributed by atoms with Gasteiger partial charge in [0.1, 0.15) is 0 Å². The first kappa shape index (κ1) is 5.01. The van der Waals surface area contributed by atoms with Gasteiger partial charge in [0.15, 0.2) is 0 Å². The van der Waals surface area contributed by atoms with Crippen molar-refractivity contribution in [1.82, 2.24) is 0 Å². The van der Waals surface area contributed by atoms with Crippen LogP contribution < -0.4 is 0 Å². The van der Waals surface area contributed by atoms with Crippen LogP contribution in [0.2, 0.25) is 0 Å². The van der Waals surface area contributed by atoms with Crippen LogP contribution in [0.4, 0.5) is 0 Å². The number of hydrogen-bond acceptors (Lipinski definition) is 2. The van der Waals surface area contributed by atoms with Crippen molar-refractivity contribution in [3.05, 3.63) is 0 Å². The summed E-state index contributed by atoms with van der Waals surface area (Å²) in [7, 11) is 1.16. The SMILES string of the molecule is [B]S(C)(=O)=O. The minimum absolute atomic E-state index is 0.938. The highest BCUT2D eigenvalue weighted by Gasteiger charge is 1.80. The second-order valence-electron chi connectivity index (χ2n) is 0.830. The fourth-order valence-electron chi connectivity index (χ4n) is 0. The second-order valence-corrected chi connectivity index (χ2v) is 2.49. The van der Waals surface area contributed by atoms with Gasteiger partial charge in [-0.25, -0.2) is 8.42 Å². The molecular weight excluding hydrogens is 86.9 g/mol. The largest absolute Gasteiger partial charge is 0.254 e. The lowest BCUT2D eigenvalue weighted by Gasteiger charge is -1.69. The third-order valence-corrected chi connectivity index (χ3v) is 0. The van der Waals surface area contributed by atoms with Gasteiger partial charge in [0.05, 0.1) is 9.69 Å². The van der Waals surface area contributed by atoms with Gasteiger partial charge < -0.3 is 0 Å². The van der Waals surface area contributed by atoms with Crippen LogP contribution in [0.1, 0.15) is 0 Å². The molecule has 0 aromatic carbocycles. The second kappa shape index (κ2) is 1.01. The number of rotatable bonds is 0. The van der Waals surface area contributed by atoms with E-state index >= 15 is 0 Å². The highest BCUT2D eigenvalue weighted by Crippen LogP contribution is 1.59. The average Bonchev–Trinajstić information content (AvgIpc) is 0.722. The summed E-state index contributed by atoms with van der Waals surface area (Å²) in [5.41, 5.74) is 0. The lowest BCUT2D eigenvalue weighted by Crippen LogP contribution is -1.89. The van der Waals surface area contributed by atoms with Crippen LogP contribution in [0.5, 0.6) is 0 Å². The van der Waals surface area contributed by atoms with Crippen molar-refractivity contribution in [3.8, 4) is 0 Å². The summed E-state index contributed by atoms with van der Waals surface area (Å²) in [6.07, 6.45) is 0.938. The topological polar surface area (TPSA) is 34.1 Å². The standard InChI is InChI=1S/CH3BO2S/c1-5(2,3)4/h1H3. The van der Waals surface area contributed by atoms with E-state index in [4.69, 9.17) is 0 Å². The molecule has 0 bridgehead atoms. The molecule has 0 aromatic rings. The zero-order chi connectivity index (χ0) is 4.50. The van der Waals surface area contributed by atoms with E-state index in [0.717, 1.165) is 6.26 Å². The predicted octanol–water partition coefficient (Wildman–Crippen LogP) is -0.885. The minimum atomic E-state index is -3.17. The van der Waals surface area contributed by atoms with E-state index in [-0.39, 0.29) is 0 Å². The van der Waals surface area contributed by atoms with Crippen molar-refractivity contribution in [1.29, 1.82) is 0 Å². The van der Waals surface area contributed by atoms with Gasteiger partial charge in [-0.05, 0) is 0 Å². The predicted molar refractivity (Wildman–Crippen MR) is 20.6 cm³/mol. The first-order valence-electron chi connectivity index (χ1n) is 0.977. The highest BCUT2D eigenvalue weighted by molar-refractivity contribution is 8.11. The van der Waals surface area contributed by atoms with Gasteiger partial charge in [0.2, 0.25) is 0 Å². The van der Waals surface area contributed by atoms with Crippen molar-refractivity contribution in [3.63, 3.8) is 0 Å². The smallest absolute Gasteiger partial charge is 0.243 e. The molecule has 0 fully saturated rings. The molecule has 0 saturated heterocycles. The quantitative estimate of drug-likeness (QED) is 0.362. The molecule has 0 aliphatic rings. The molecule has 5 heavy (non-hydrogen) atoms. The summed E-state index contributed by atoms with van der Waals surface area (Å²) < 4.78 is 18.8. The van der Waals surface area contributed by atoms with Crippen LogP contribution in [0.3, 0.4) is 0 Å². The normalized spacial score (nSPS) is 11.4. The molecule has 0 aromatic heterocycles. The maximum atomic E-state index is 9.41. The van der Waals surface area contributed by atoms with Gasteiger partial charge in [0, 0.05) is 6.26 Å². The Balaban J connectivity index is 4.06. The molecule has 0 saturated carbocycles. The monoisotopic (exact) mass is 90.0 g/mol. The Morgan fingerprint density at radius 3 is 1.60 bits per heavy atom. The Labute approximate surface area is 32.4 Å². The zero-order valence-electron chi connectivity index (χ0n) is 2.80. The average molecular weight is 89.9 g/mol. The van der Waals surface area contributed by atoms with Gasteiger partial charge in [-0.15, -0.1) is 0 Å². The van der Waals surface area contributed by atoms with E-state index in [1.165, 1.54) is 0 Å². The summed E-state index contributed by atoms with van der Waals surface area (Å²) in [4.78, 5) is 0. The molecule has 0 unspecified atom stereocenters. The summed E-state index contributed by atoms with van der Waals surface area (Å²) >= 11 is 0. The van der Waals surface area contributed by atoms with E-state index in [0.29, 0.717) is 0 Å². The third kappa shape index (κ3) is 73100. The van der Waals surface area contributed by atoms with E-state index in [2.05, 4.69) is 7.12 Å². The fraction of sp³-hybridized carbons (Fsp3) is 1.00. The molecule has 28 valence electrons. The molecule has 2 nitrogen and oxygen atoms in total. The van der Waals surface area contributed by atoms with Crippen molar-refractivity contribution < 1.29 is 8.42 Å². The van der Waals surface area contributed by atoms with Gasteiger partial charge >= 0.3 is 0 Å². The van der Waals surface area contributed by atoms with Crippen LogP contribution in [-0.2, 0) is 9.69 Å². The molecule has 0 N–H and O–H groups in total. The summed E-state index contributed by atoms with van der Waals surface area (Å²) in [6.45, 7) is 0. The lowest BCUT2D eigenvalue weighted by atomic mass is 10.8. The molecule has 0 aliphatic heterocycles. The Hall–Kier alpha value is 0.0149.